The van der Waals surface area contributed by atoms with E-state index in [1.165, 1.54) is 10.8 Å². The lowest BCUT2D eigenvalue weighted by atomic mass is 10.1. The maximum absolute atomic E-state index is 11.5. The molecule has 9 nitrogen and oxygen atoms in total. The van der Waals surface area contributed by atoms with Crippen LogP contribution in [-0.2, 0) is 0 Å². The van der Waals surface area contributed by atoms with Crippen LogP contribution >= 0.6 is 0 Å². The Hall–Kier alpha value is -3.75. The van der Waals surface area contributed by atoms with Gasteiger partial charge in [0.25, 0.3) is 5.91 Å². The number of H-pyrrole nitrogens is 1. The van der Waals surface area contributed by atoms with Crippen LogP contribution in [0.2, 0.25) is 0 Å². The minimum Gasteiger partial charge on any atom is -0.483 e. The largest absolute Gasteiger partial charge is 0.483 e. The quantitative estimate of drug-likeness (QED) is 0.564. The second kappa shape index (κ2) is 6.28. The van der Waals surface area contributed by atoms with Gasteiger partial charge in [-0.3, -0.25) is 9.89 Å². The first kappa shape index (κ1) is 15.8. The minimum absolute atomic E-state index is 0.279. The Morgan fingerprint density at radius 2 is 2.08 bits per heavy atom. The van der Waals surface area contributed by atoms with Crippen molar-refractivity contribution in [3.05, 3.63) is 60.4 Å². The lowest BCUT2D eigenvalue weighted by Gasteiger charge is -2.12. The molecule has 0 aliphatic heterocycles. The third-order valence-electron chi connectivity index (χ3n) is 3.90. The average Bonchev–Trinajstić information content (AvgIpc) is 3.33. The summed E-state index contributed by atoms with van der Waals surface area (Å²) in [7, 11) is 0. The molecule has 0 fully saturated rings. The van der Waals surface area contributed by atoms with Gasteiger partial charge in [-0.2, -0.15) is 5.10 Å². The zero-order valence-electron chi connectivity index (χ0n) is 13.7. The van der Waals surface area contributed by atoms with Gasteiger partial charge >= 0.3 is 0 Å². The van der Waals surface area contributed by atoms with Crippen LogP contribution in [0.1, 0.15) is 29.2 Å². The Labute approximate surface area is 147 Å². The zero-order chi connectivity index (χ0) is 18.1. The number of aromatic nitrogens is 6. The lowest BCUT2D eigenvalue weighted by Crippen LogP contribution is -2.13. The van der Waals surface area contributed by atoms with Gasteiger partial charge in [-0.25, -0.2) is 14.5 Å². The predicted octanol–water partition coefficient (Wildman–Crippen LogP) is 1.55. The first-order valence-corrected chi connectivity index (χ1v) is 7.82. The number of nitrogens with one attached hydrogen (secondary N) is 1. The van der Waals surface area contributed by atoms with Crippen LogP contribution in [0.25, 0.3) is 16.9 Å². The second-order valence-electron chi connectivity index (χ2n) is 5.59. The monoisotopic (exact) mass is 348 g/mol. The van der Waals surface area contributed by atoms with Crippen LogP contribution < -0.4 is 10.5 Å². The number of carbonyl (C=O) groups excluding carboxylic acids is 1. The van der Waals surface area contributed by atoms with Gasteiger partial charge in [-0.1, -0.05) is 0 Å². The maximum atomic E-state index is 11.5. The number of hydrogen-bond donors (Lipinski definition) is 2. The summed E-state index contributed by atoms with van der Waals surface area (Å²) in [6.45, 7) is 1.87. The lowest BCUT2D eigenvalue weighted by molar-refractivity contribution is 0.100. The predicted molar refractivity (Wildman–Crippen MR) is 91.2 cm³/mol. The minimum atomic E-state index is -0.562. The van der Waals surface area contributed by atoms with Crippen molar-refractivity contribution in [2.45, 2.75) is 13.0 Å². The highest BCUT2D eigenvalue weighted by Gasteiger charge is 2.14. The van der Waals surface area contributed by atoms with Gasteiger partial charge in [0.05, 0.1) is 11.3 Å². The van der Waals surface area contributed by atoms with E-state index in [2.05, 4.69) is 31.6 Å². The van der Waals surface area contributed by atoms with E-state index in [0.717, 1.165) is 11.3 Å². The Bertz CT molecular complexity index is 1050. The van der Waals surface area contributed by atoms with Crippen LogP contribution in [0.4, 0.5) is 0 Å². The molecule has 9 heteroatoms. The molecule has 0 saturated carbocycles. The summed E-state index contributed by atoms with van der Waals surface area (Å²) in [5.41, 5.74) is 7.67. The Morgan fingerprint density at radius 3 is 2.77 bits per heavy atom. The summed E-state index contributed by atoms with van der Waals surface area (Å²) in [6.07, 6.45) is 3.74. The van der Waals surface area contributed by atoms with E-state index >= 15 is 0 Å². The zero-order valence-corrected chi connectivity index (χ0v) is 13.7. The highest BCUT2D eigenvalue weighted by atomic mass is 16.5. The van der Waals surface area contributed by atoms with Crippen molar-refractivity contribution in [2.75, 3.05) is 0 Å². The summed E-state index contributed by atoms with van der Waals surface area (Å²) in [4.78, 5) is 19.6. The van der Waals surface area contributed by atoms with E-state index in [-0.39, 0.29) is 6.10 Å². The van der Waals surface area contributed by atoms with E-state index in [4.69, 9.17) is 10.5 Å². The summed E-state index contributed by atoms with van der Waals surface area (Å²) >= 11 is 0. The number of nitrogens with zero attached hydrogens (tertiary/aromatic N) is 5. The molecule has 1 radical (unpaired) electrons. The van der Waals surface area contributed by atoms with Crippen LogP contribution in [-0.4, -0.2) is 35.7 Å². The van der Waals surface area contributed by atoms with Crippen molar-refractivity contribution in [1.29, 1.82) is 0 Å². The Kier molecular flexibility index (Phi) is 3.81. The first-order valence-electron chi connectivity index (χ1n) is 7.82. The maximum Gasteiger partial charge on any atom is 0.252 e. The summed E-state index contributed by atoms with van der Waals surface area (Å²) < 4.78 is 7.36. The molecule has 4 aromatic rings. The first-order chi connectivity index (χ1) is 12.6. The van der Waals surface area contributed by atoms with Crippen LogP contribution in [0, 0.1) is 6.33 Å². The number of aromatic amines is 1. The van der Waals surface area contributed by atoms with Gasteiger partial charge < -0.3 is 10.5 Å². The average molecular weight is 348 g/mol. The molecule has 1 unspecified atom stereocenters. The normalized spacial score (nSPS) is 12.2. The number of carbonyl (C=O) groups is 1. The second-order valence-corrected chi connectivity index (χ2v) is 5.59. The molecule has 0 saturated heterocycles. The number of pyridine rings is 1. The van der Waals surface area contributed by atoms with E-state index in [0.29, 0.717) is 22.8 Å². The molecule has 1 atom stereocenters. The fraction of sp³-hybridized carbons (Fsp3) is 0.118. The number of hydrogen-bond acceptors (Lipinski definition) is 6. The van der Waals surface area contributed by atoms with Crippen LogP contribution in [0.5, 0.6) is 5.75 Å². The molecule has 0 aliphatic rings. The number of rotatable bonds is 5. The number of fused-ring (bicyclic) bond motifs is 1. The van der Waals surface area contributed by atoms with E-state index in [9.17, 15) is 4.79 Å². The number of benzene rings is 1. The third kappa shape index (κ3) is 2.75. The number of nitrogens with two attached hydrogens (primary N) is 1. The van der Waals surface area contributed by atoms with E-state index < -0.39 is 5.91 Å². The highest BCUT2D eigenvalue weighted by Crippen LogP contribution is 2.26. The van der Waals surface area contributed by atoms with Crippen LogP contribution in [0.3, 0.4) is 0 Å². The molecular formula is C17H14N7O2. The molecule has 3 heterocycles. The topological polar surface area (TPSA) is 124 Å². The van der Waals surface area contributed by atoms with Gasteiger partial charge in [-0.05, 0) is 43.3 Å². The molecule has 0 bridgehead atoms. The van der Waals surface area contributed by atoms with Gasteiger partial charge in [-0.15, -0.1) is 5.10 Å². The van der Waals surface area contributed by atoms with Gasteiger partial charge in [0.15, 0.2) is 17.6 Å². The van der Waals surface area contributed by atoms with Crippen molar-refractivity contribution in [1.82, 2.24) is 29.8 Å². The van der Waals surface area contributed by atoms with Crippen molar-refractivity contribution in [2.24, 2.45) is 5.73 Å². The van der Waals surface area contributed by atoms with E-state index in [1.54, 1.807) is 12.1 Å². The van der Waals surface area contributed by atoms with Gasteiger partial charge in [0.1, 0.15) is 12.1 Å². The van der Waals surface area contributed by atoms with Crippen molar-refractivity contribution < 1.29 is 9.53 Å². The van der Waals surface area contributed by atoms with Crippen molar-refractivity contribution >= 4 is 11.6 Å². The molecule has 0 spiro atoms. The molecule has 0 aliphatic carbocycles. The molecule has 3 N–H and O–H groups in total. The highest BCUT2D eigenvalue weighted by molar-refractivity contribution is 5.99. The van der Waals surface area contributed by atoms with Crippen molar-refractivity contribution in [3.8, 4) is 17.0 Å². The standard InChI is InChI=1S/C17H14N7O2/c1-10(16-19-8-21-23-16)26-12-4-2-11(3-5-12)14-7-6-13(15(18)25)17-20-9-22-24(14)17/h2-8,10H,1H3,(H2,18,25)(H,19,21,23). The van der Waals surface area contributed by atoms with E-state index in [1.807, 2.05) is 31.2 Å². The summed E-state index contributed by atoms with van der Waals surface area (Å²) in [6, 6.07) is 10.9. The molecule has 4 rings (SSSR count). The molecule has 26 heavy (non-hydrogen) atoms. The molecule has 1 aromatic carbocycles. The van der Waals surface area contributed by atoms with Gasteiger partial charge in [0.2, 0.25) is 6.33 Å². The number of primary amides is 1. The fourth-order valence-corrected chi connectivity index (χ4v) is 2.65. The smallest absolute Gasteiger partial charge is 0.252 e. The number of amides is 1. The van der Waals surface area contributed by atoms with Crippen LogP contribution in [0.15, 0.2) is 42.7 Å². The molecule has 3 aromatic heterocycles. The Morgan fingerprint density at radius 1 is 1.27 bits per heavy atom. The molecule has 1 amide bonds. The number of ether oxygens (including phenoxy) is 1. The summed E-state index contributed by atoms with van der Waals surface area (Å²) in [5.74, 6) is 0.699. The SMILES string of the molecule is CC(Oc1ccc(-c2ccc(C(N)=O)c3n[c]nn23)cc1)c1nc[nH]n1. The molecular weight excluding hydrogens is 334 g/mol. The van der Waals surface area contributed by atoms with Gasteiger partial charge in [0, 0.05) is 5.56 Å². The van der Waals surface area contributed by atoms with Crippen molar-refractivity contribution in [3.63, 3.8) is 0 Å². The fourth-order valence-electron chi connectivity index (χ4n) is 2.65. The third-order valence-corrected chi connectivity index (χ3v) is 3.90. The molecule has 129 valence electrons. The Balaban J connectivity index is 1.63. The summed E-state index contributed by atoms with van der Waals surface area (Å²) in [5, 5.41) is 10.7.